The van der Waals surface area contributed by atoms with Crippen LogP contribution < -0.4 is 4.90 Å². The summed E-state index contributed by atoms with van der Waals surface area (Å²) < 4.78 is 2.52. The number of carbonyl (C=O) groups is 1. The maximum absolute atomic E-state index is 11.4. The smallest absolute Gasteiger partial charge is 0.160 e. The number of unbranched alkanes of at least 4 members (excludes halogenated alkanes) is 5. The topological polar surface area (TPSA) is 25.2 Å². The number of carbonyl (C=O) groups excluding carboxylic acids is 1. The van der Waals surface area contributed by atoms with Crippen LogP contribution in [-0.4, -0.2) is 10.9 Å². The zero-order valence-corrected chi connectivity index (χ0v) is 27.8. The van der Waals surface area contributed by atoms with Gasteiger partial charge in [-0.15, -0.1) is 11.3 Å². The molecule has 7 aromatic rings. The summed E-state index contributed by atoms with van der Waals surface area (Å²) in [5.74, 6) is 0. The van der Waals surface area contributed by atoms with E-state index in [1.165, 1.54) is 71.5 Å². The van der Waals surface area contributed by atoms with Crippen molar-refractivity contribution in [2.75, 3.05) is 4.90 Å². The van der Waals surface area contributed by atoms with Gasteiger partial charge < -0.3 is 9.47 Å². The predicted molar refractivity (Wildman–Crippen MR) is 202 cm³/mol. The van der Waals surface area contributed by atoms with Gasteiger partial charge >= 0.3 is 0 Å². The molecule has 0 aliphatic heterocycles. The van der Waals surface area contributed by atoms with Crippen molar-refractivity contribution in [1.29, 1.82) is 0 Å². The normalized spacial score (nSPS) is 11.3. The Bertz CT molecular complexity index is 2050. The number of hydrogen-bond donors (Lipinski definition) is 0. The monoisotopic (exact) mass is 632 g/mol. The standard InChI is InChI=1S/C43H40N2OS/c1-2-3-4-5-6-13-28-44-41-25-20-33(29-39(41)40-30-34(21-26-42(40)44)43-27-24-38(31-46)47-43)32-18-22-37(23-19-32)45(35-14-9-7-10-15-35)36-16-11-8-12-17-36/h7-12,14-27,29-31H,2-6,13,28H2,1H3. The van der Waals surface area contributed by atoms with Gasteiger partial charge in [-0.05, 0) is 95.9 Å². The molecule has 3 nitrogen and oxygen atoms in total. The number of anilines is 3. The van der Waals surface area contributed by atoms with Gasteiger partial charge in [0, 0.05) is 50.3 Å². The summed E-state index contributed by atoms with van der Waals surface area (Å²) in [7, 11) is 0. The number of aldehydes is 1. The first kappa shape index (κ1) is 30.7. The fraction of sp³-hybridized carbons (Fsp3) is 0.186. The van der Waals surface area contributed by atoms with Gasteiger partial charge in [-0.25, -0.2) is 0 Å². The summed E-state index contributed by atoms with van der Waals surface area (Å²) in [6, 6.07) is 47.7. The van der Waals surface area contributed by atoms with Crippen LogP contribution >= 0.6 is 11.3 Å². The molecule has 0 radical (unpaired) electrons. The number of nitrogens with zero attached hydrogens (tertiary/aromatic N) is 2. The van der Waals surface area contributed by atoms with Crippen LogP contribution in [0.2, 0.25) is 0 Å². The van der Waals surface area contributed by atoms with E-state index in [-0.39, 0.29) is 0 Å². The summed E-state index contributed by atoms with van der Waals surface area (Å²) in [5, 5.41) is 2.54. The van der Waals surface area contributed by atoms with E-state index in [0.717, 1.165) is 45.2 Å². The van der Waals surface area contributed by atoms with E-state index in [1.807, 2.05) is 6.07 Å². The van der Waals surface area contributed by atoms with Gasteiger partial charge in [0.1, 0.15) is 0 Å². The van der Waals surface area contributed by atoms with Crippen molar-refractivity contribution in [1.82, 2.24) is 4.57 Å². The van der Waals surface area contributed by atoms with Crippen molar-refractivity contribution >= 4 is 56.5 Å². The van der Waals surface area contributed by atoms with Crippen LogP contribution in [0.1, 0.15) is 55.1 Å². The van der Waals surface area contributed by atoms with Crippen molar-refractivity contribution in [3.05, 3.63) is 138 Å². The molecule has 4 heteroatoms. The van der Waals surface area contributed by atoms with Crippen LogP contribution in [0.4, 0.5) is 17.1 Å². The van der Waals surface area contributed by atoms with Gasteiger partial charge in [-0.2, -0.15) is 0 Å². The van der Waals surface area contributed by atoms with Crippen LogP contribution in [0.15, 0.2) is 133 Å². The molecule has 0 unspecified atom stereocenters. The maximum Gasteiger partial charge on any atom is 0.160 e. The van der Waals surface area contributed by atoms with Gasteiger partial charge in [-0.3, -0.25) is 4.79 Å². The largest absolute Gasteiger partial charge is 0.340 e. The number of aryl methyl sites for hydroxylation is 1. The summed E-state index contributed by atoms with van der Waals surface area (Å²) in [4.78, 5) is 15.6. The number of fused-ring (bicyclic) bond motifs is 3. The molecule has 0 bridgehead atoms. The van der Waals surface area contributed by atoms with Crippen molar-refractivity contribution in [2.45, 2.75) is 52.0 Å². The maximum atomic E-state index is 11.4. The van der Waals surface area contributed by atoms with E-state index in [0.29, 0.717) is 0 Å². The Balaban J connectivity index is 1.26. The second-order valence-electron chi connectivity index (χ2n) is 12.3. The van der Waals surface area contributed by atoms with Crippen LogP contribution in [0.3, 0.4) is 0 Å². The van der Waals surface area contributed by atoms with Crippen LogP contribution in [0.5, 0.6) is 0 Å². The minimum absolute atomic E-state index is 0.759. The first-order chi connectivity index (χ1) is 23.2. The molecule has 0 fully saturated rings. The molecular formula is C43H40N2OS. The van der Waals surface area contributed by atoms with Crippen LogP contribution in [0.25, 0.3) is 43.4 Å². The number of thiophene rings is 1. The Labute approximate surface area is 281 Å². The third kappa shape index (κ3) is 6.52. The highest BCUT2D eigenvalue weighted by Crippen LogP contribution is 2.39. The molecular weight excluding hydrogens is 593 g/mol. The molecule has 2 heterocycles. The van der Waals surface area contributed by atoms with Gasteiger partial charge in [0.2, 0.25) is 0 Å². The second kappa shape index (κ2) is 14.2. The SMILES string of the molecule is CCCCCCCCn1c2ccc(-c3ccc(N(c4ccccc4)c4ccccc4)cc3)cc2c2cc(-c3ccc(C=O)s3)ccc21. The highest BCUT2D eigenvalue weighted by Gasteiger charge is 2.15. The summed E-state index contributed by atoms with van der Waals surface area (Å²) in [5.41, 5.74) is 9.50. The van der Waals surface area contributed by atoms with Crippen molar-refractivity contribution in [3.8, 4) is 21.6 Å². The summed E-state index contributed by atoms with van der Waals surface area (Å²) in [6.07, 6.45) is 8.61. The van der Waals surface area contributed by atoms with Gasteiger partial charge in [0.25, 0.3) is 0 Å². The molecule has 0 saturated heterocycles. The molecule has 0 aliphatic carbocycles. The minimum Gasteiger partial charge on any atom is -0.340 e. The van der Waals surface area contributed by atoms with E-state index in [9.17, 15) is 4.79 Å². The Morgan fingerprint density at radius 3 is 1.74 bits per heavy atom. The zero-order valence-electron chi connectivity index (χ0n) is 26.9. The number of hydrogen-bond acceptors (Lipinski definition) is 3. The average molecular weight is 633 g/mol. The van der Waals surface area contributed by atoms with E-state index in [4.69, 9.17) is 0 Å². The first-order valence-corrected chi connectivity index (χ1v) is 17.7. The highest BCUT2D eigenvalue weighted by molar-refractivity contribution is 7.17. The van der Waals surface area contributed by atoms with Crippen molar-refractivity contribution < 1.29 is 4.79 Å². The number of aromatic nitrogens is 1. The third-order valence-corrected chi connectivity index (χ3v) is 10.2. The molecule has 0 spiro atoms. The zero-order chi connectivity index (χ0) is 32.0. The number of para-hydroxylation sites is 2. The molecule has 0 N–H and O–H groups in total. The minimum atomic E-state index is 0.759. The van der Waals surface area contributed by atoms with E-state index in [2.05, 4.69) is 144 Å². The Kier molecular flexibility index (Phi) is 9.30. The Hall–Kier alpha value is -4.93. The van der Waals surface area contributed by atoms with Gasteiger partial charge in [-0.1, -0.05) is 99.7 Å². The summed E-state index contributed by atoms with van der Waals surface area (Å²) in [6.45, 7) is 3.29. The third-order valence-electron chi connectivity index (χ3n) is 9.12. The van der Waals surface area contributed by atoms with Crippen molar-refractivity contribution in [3.63, 3.8) is 0 Å². The van der Waals surface area contributed by atoms with E-state index < -0.39 is 0 Å². The molecule has 0 saturated carbocycles. The molecule has 0 amide bonds. The lowest BCUT2D eigenvalue weighted by Gasteiger charge is -2.25. The molecule has 5 aromatic carbocycles. The second-order valence-corrected chi connectivity index (χ2v) is 13.4. The molecule has 2 aromatic heterocycles. The van der Waals surface area contributed by atoms with Crippen molar-refractivity contribution in [2.24, 2.45) is 0 Å². The average Bonchev–Trinajstić information content (AvgIpc) is 3.74. The van der Waals surface area contributed by atoms with E-state index >= 15 is 0 Å². The lowest BCUT2D eigenvalue weighted by Crippen LogP contribution is -2.09. The van der Waals surface area contributed by atoms with Crippen LogP contribution in [0, 0.1) is 0 Å². The Morgan fingerprint density at radius 2 is 1.13 bits per heavy atom. The number of benzene rings is 5. The highest BCUT2D eigenvalue weighted by atomic mass is 32.1. The molecule has 7 rings (SSSR count). The van der Waals surface area contributed by atoms with E-state index in [1.54, 1.807) is 11.3 Å². The predicted octanol–water partition coefficient (Wildman–Crippen LogP) is 12.8. The molecule has 0 aliphatic rings. The number of rotatable bonds is 13. The molecule has 0 atom stereocenters. The van der Waals surface area contributed by atoms with Gasteiger partial charge in [0.05, 0.1) is 4.88 Å². The fourth-order valence-corrected chi connectivity index (χ4v) is 7.52. The molecule has 47 heavy (non-hydrogen) atoms. The summed E-state index contributed by atoms with van der Waals surface area (Å²) >= 11 is 1.55. The van der Waals surface area contributed by atoms with Crippen LogP contribution in [-0.2, 0) is 6.54 Å². The quantitative estimate of drug-likeness (QED) is 0.0933. The fourth-order valence-electron chi connectivity index (χ4n) is 6.70. The van der Waals surface area contributed by atoms with Gasteiger partial charge in [0.15, 0.2) is 6.29 Å². The first-order valence-electron chi connectivity index (χ1n) is 16.9. The Morgan fingerprint density at radius 1 is 0.574 bits per heavy atom. The lowest BCUT2D eigenvalue weighted by atomic mass is 10.0. The molecule has 234 valence electrons. The lowest BCUT2D eigenvalue weighted by molar-refractivity contribution is 0.112.